The molecule has 2 aromatic carbocycles. The summed E-state index contributed by atoms with van der Waals surface area (Å²) in [7, 11) is 0. The second-order valence-electron chi connectivity index (χ2n) is 8.43. The van der Waals surface area contributed by atoms with Gasteiger partial charge in [-0.2, -0.15) is 0 Å². The second-order valence-corrected chi connectivity index (χ2v) is 9.29. The number of esters is 1. The molecule has 2 atom stereocenters. The van der Waals surface area contributed by atoms with Crippen molar-refractivity contribution in [3.05, 3.63) is 65.3 Å². The molecule has 0 radical (unpaired) electrons. The molecule has 2 unspecified atom stereocenters. The summed E-state index contributed by atoms with van der Waals surface area (Å²) in [6, 6.07) is 8.60. The normalized spacial score (nSPS) is 16.1. The fraction of sp³-hybridized carbons (Fsp3) is 0.280. The van der Waals surface area contributed by atoms with Crippen molar-refractivity contribution in [1.82, 2.24) is 9.88 Å². The summed E-state index contributed by atoms with van der Waals surface area (Å²) in [4.78, 5) is 43.4. The lowest BCUT2D eigenvalue weighted by Crippen LogP contribution is -2.45. The standard InChI is InChI=1S/C25H23F3N4O4S/c1-14(22(33)31-24-29-21(13-37-24)15-8-9-17(26)19(28)11-15)36-23(34)16-5-4-10-32(12-16)25(35)30-20-7-3-2-6-18(20)27/h2-3,6-9,11,13-14,16H,4-5,10,12H2,1H3,(H,30,35)(H,29,31,33). The molecule has 1 aliphatic heterocycles. The van der Waals surface area contributed by atoms with E-state index in [-0.39, 0.29) is 17.4 Å². The predicted octanol–water partition coefficient (Wildman–Crippen LogP) is 5.04. The molecule has 194 valence electrons. The molecule has 12 heteroatoms. The summed E-state index contributed by atoms with van der Waals surface area (Å²) >= 11 is 1.07. The zero-order valence-electron chi connectivity index (χ0n) is 19.7. The largest absolute Gasteiger partial charge is 0.452 e. The molecule has 0 spiro atoms. The van der Waals surface area contributed by atoms with Gasteiger partial charge in [0.15, 0.2) is 22.9 Å². The third-order valence-electron chi connectivity index (χ3n) is 5.77. The average Bonchev–Trinajstić information content (AvgIpc) is 3.35. The first-order chi connectivity index (χ1) is 17.7. The van der Waals surface area contributed by atoms with E-state index in [2.05, 4.69) is 15.6 Å². The van der Waals surface area contributed by atoms with Crippen LogP contribution in [0.1, 0.15) is 19.8 Å². The Morgan fingerprint density at radius 3 is 2.62 bits per heavy atom. The second kappa shape index (κ2) is 11.4. The molecular weight excluding hydrogens is 509 g/mol. The van der Waals surface area contributed by atoms with Gasteiger partial charge in [0.05, 0.1) is 17.3 Å². The summed E-state index contributed by atoms with van der Waals surface area (Å²) < 4.78 is 45.8. The van der Waals surface area contributed by atoms with Crippen molar-refractivity contribution in [3.63, 3.8) is 0 Å². The number of hydrogen-bond donors (Lipinski definition) is 2. The van der Waals surface area contributed by atoms with Crippen molar-refractivity contribution in [2.24, 2.45) is 5.92 Å². The Kier molecular flexibility index (Phi) is 8.07. The van der Waals surface area contributed by atoms with Gasteiger partial charge in [-0.05, 0) is 50.1 Å². The van der Waals surface area contributed by atoms with Crippen molar-refractivity contribution in [3.8, 4) is 11.3 Å². The fourth-order valence-corrected chi connectivity index (χ4v) is 4.48. The minimum Gasteiger partial charge on any atom is -0.452 e. The molecule has 4 rings (SSSR count). The van der Waals surface area contributed by atoms with E-state index in [0.717, 1.165) is 23.5 Å². The van der Waals surface area contributed by atoms with E-state index < -0.39 is 47.4 Å². The highest BCUT2D eigenvalue weighted by Crippen LogP contribution is 2.26. The van der Waals surface area contributed by atoms with Gasteiger partial charge in [0.1, 0.15) is 5.82 Å². The van der Waals surface area contributed by atoms with E-state index in [1.165, 1.54) is 36.1 Å². The van der Waals surface area contributed by atoms with Gasteiger partial charge in [0, 0.05) is 24.0 Å². The monoisotopic (exact) mass is 532 g/mol. The number of nitrogens with zero attached hydrogens (tertiary/aromatic N) is 2. The lowest BCUT2D eigenvalue weighted by Gasteiger charge is -2.32. The molecular formula is C25H23F3N4O4S. The van der Waals surface area contributed by atoms with Gasteiger partial charge in [-0.3, -0.25) is 14.9 Å². The van der Waals surface area contributed by atoms with Crippen LogP contribution < -0.4 is 10.6 Å². The molecule has 1 aromatic heterocycles. The number of hydrogen-bond acceptors (Lipinski definition) is 6. The maximum atomic E-state index is 13.8. The highest BCUT2D eigenvalue weighted by atomic mass is 32.1. The Bertz CT molecular complexity index is 1320. The van der Waals surface area contributed by atoms with Crippen molar-refractivity contribution in [2.75, 3.05) is 23.7 Å². The number of para-hydroxylation sites is 1. The first kappa shape index (κ1) is 26.1. The van der Waals surface area contributed by atoms with E-state index in [9.17, 15) is 27.6 Å². The quantitative estimate of drug-likeness (QED) is 0.433. The van der Waals surface area contributed by atoms with Crippen LogP contribution in [-0.2, 0) is 14.3 Å². The number of nitrogens with one attached hydrogen (secondary N) is 2. The number of amides is 3. The molecule has 1 fully saturated rings. The summed E-state index contributed by atoms with van der Waals surface area (Å²) in [6.07, 6.45) is -0.136. The molecule has 37 heavy (non-hydrogen) atoms. The minimum atomic E-state index is -1.15. The molecule has 3 aromatic rings. The summed E-state index contributed by atoms with van der Waals surface area (Å²) in [5.74, 6) is -4.45. The number of urea groups is 1. The van der Waals surface area contributed by atoms with Crippen molar-refractivity contribution < 1.29 is 32.3 Å². The molecule has 0 saturated carbocycles. The maximum absolute atomic E-state index is 13.8. The third-order valence-corrected chi connectivity index (χ3v) is 6.53. The number of ether oxygens (including phenoxy) is 1. The molecule has 8 nitrogen and oxygen atoms in total. The number of thiazole rings is 1. The number of piperidine rings is 1. The SMILES string of the molecule is CC(OC(=O)C1CCCN(C(=O)Nc2ccccc2F)C1)C(=O)Nc1nc(-c2ccc(F)c(F)c2)cs1. The Balaban J connectivity index is 1.30. The van der Waals surface area contributed by atoms with Crippen LogP contribution in [-0.4, -0.2) is 47.0 Å². The average molecular weight is 533 g/mol. The van der Waals surface area contributed by atoms with Crippen molar-refractivity contribution in [2.45, 2.75) is 25.9 Å². The topological polar surface area (TPSA) is 101 Å². The van der Waals surface area contributed by atoms with Crippen LogP contribution in [0.3, 0.4) is 0 Å². The van der Waals surface area contributed by atoms with Crippen LogP contribution in [0.4, 0.5) is 28.8 Å². The van der Waals surface area contributed by atoms with E-state index in [0.29, 0.717) is 30.6 Å². The van der Waals surface area contributed by atoms with Crippen LogP contribution >= 0.6 is 11.3 Å². The van der Waals surface area contributed by atoms with Crippen LogP contribution in [0.2, 0.25) is 0 Å². The number of benzene rings is 2. The van der Waals surface area contributed by atoms with Crippen LogP contribution in [0, 0.1) is 23.4 Å². The van der Waals surface area contributed by atoms with E-state index in [1.54, 1.807) is 11.4 Å². The maximum Gasteiger partial charge on any atom is 0.321 e. The van der Waals surface area contributed by atoms with Gasteiger partial charge >= 0.3 is 12.0 Å². The first-order valence-corrected chi connectivity index (χ1v) is 12.3. The Morgan fingerprint density at radius 2 is 1.86 bits per heavy atom. The lowest BCUT2D eigenvalue weighted by atomic mass is 9.98. The van der Waals surface area contributed by atoms with Gasteiger partial charge < -0.3 is 15.0 Å². The van der Waals surface area contributed by atoms with Crippen molar-refractivity contribution >= 4 is 40.1 Å². The zero-order valence-corrected chi connectivity index (χ0v) is 20.5. The summed E-state index contributed by atoms with van der Waals surface area (Å²) in [5, 5.41) is 6.80. The number of rotatable bonds is 6. The molecule has 2 N–H and O–H groups in total. The van der Waals surface area contributed by atoms with Gasteiger partial charge in [-0.15, -0.1) is 11.3 Å². The van der Waals surface area contributed by atoms with Crippen molar-refractivity contribution in [1.29, 1.82) is 0 Å². The summed E-state index contributed by atoms with van der Waals surface area (Å²) in [6.45, 7) is 1.87. The number of carbonyl (C=O) groups excluding carboxylic acids is 3. The van der Waals surface area contributed by atoms with E-state index in [1.807, 2.05) is 0 Å². The molecule has 2 heterocycles. The molecule has 3 amide bonds. The van der Waals surface area contributed by atoms with Crippen LogP contribution in [0.15, 0.2) is 47.8 Å². The third kappa shape index (κ3) is 6.45. The highest BCUT2D eigenvalue weighted by Gasteiger charge is 2.32. The molecule has 0 bridgehead atoms. The Labute approximate surface area is 214 Å². The molecule has 0 aliphatic carbocycles. The number of carbonyl (C=O) groups is 3. The lowest BCUT2D eigenvalue weighted by molar-refractivity contribution is -0.158. The minimum absolute atomic E-state index is 0.0393. The fourth-order valence-electron chi connectivity index (χ4n) is 3.76. The van der Waals surface area contributed by atoms with Crippen LogP contribution in [0.25, 0.3) is 11.3 Å². The van der Waals surface area contributed by atoms with Gasteiger partial charge in [-0.1, -0.05) is 12.1 Å². The number of aromatic nitrogens is 1. The molecule has 1 aliphatic rings. The van der Waals surface area contributed by atoms with E-state index >= 15 is 0 Å². The highest BCUT2D eigenvalue weighted by molar-refractivity contribution is 7.14. The van der Waals surface area contributed by atoms with Crippen LogP contribution in [0.5, 0.6) is 0 Å². The number of likely N-dealkylation sites (tertiary alicyclic amines) is 1. The Hall–Kier alpha value is -3.93. The van der Waals surface area contributed by atoms with Gasteiger partial charge in [0.25, 0.3) is 5.91 Å². The van der Waals surface area contributed by atoms with E-state index in [4.69, 9.17) is 4.74 Å². The summed E-state index contributed by atoms with van der Waals surface area (Å²) in [5.41, 5.74) is 0.730. The molecule has 1 saturated heterocycles. The number of halogens is 3. The van der Waals surface area contributed by atoms with Gasteiger partial charge in [0.2, 0.25) is 0 Å². The predicted molar refractivity (Wildman–Crippen MR) is 131 cm³/mol. The zero-order chi connectivity index (χ0) is 26.5. The van der Waals surface area contributed by atoms with Gasteiger partial charge in [-0.25, -0.2) is 22.9 Å². The Morgan fingerprint density at radius 1 is 1.08 bits per heavy atom. The first-order valence-electron chi connectivity index (χ1n) is 11.4. The smallest absolute Gasteiger partial charge is 0.321 e. The number of anilines is 2.